The quantitative estimate of drug-likeness (QED) is 0.416. The standard InChI is InChI=1S/C28H43N5O5S/c1-19(29-2)26(34)31-24(21-13-8-5-9-14-21)28(36)32-16-10-15-23-25(32)22(18-33(23)39(3,37)38)27(35)30-17-20-11-6-4-7-12-20/h4,6-7,11-12,19,21-25,29H,5,8-10,13-18H2,1-3H3,(H,30,35)(H,31,34)/t19-,22-,23?,24-,25?/m0/s1. The summed E-state index contributed by atoms with van der Waals surface area (Å²) in [5, 5.41) is 8.94. The van der Waals surface area contributed by atoms with Gasteiger partial charge in [-0.2, -0.15) is 4.31 Å². The van der Waals surface area contributed by atoms with Gasteiger partial charge in [0.25, 0.3) is 0 Å². The summed E-state index contributed by atoms with van der Waals surface area (Å²) in [6.07, 6.45) is 7.20. The first kappa shape index (κ1) is 29.5. The second-order valence-corrected chi connectivity index (χ2v) is 13.2. The first-order chi connectivity index (χ1) is 18.6. The largest absolute Gasteiger partial charge is 0.352 e. The third-order valence-corrected chi connectivity index (χ3v) is 9.95. The Morgan fingerprint density at radius 3 is 2.36 bits per heavy atom. The Kier molecular flexibility index (Phi) is 9.66. The molecule has 0 aromatic heterocycles. The molecule has 0 bridgehead atoms. The zero-order valence-electron chi connectivity index (χ0n) is 23.3. The number of benzene rings is 1. The number of carbonyl (C=O) groups excluding carboxylic acids is 3. The summed E-state index contributed by atoms with van der Waals surface area (Å²) in [5.74, 6) is -1.39. The Morgan fingerprint density at radius 1 is 1.03 bits per heavy atom. The van der Waals surface area contributed by atoms with Gasteiger partial charge in [-0.3, -0.25) is 14.4 Å². The lowest BCUT2D eigenvalue weighted by Gasteiger charge is -2.43. The van der Waals surface area contributed by atoms with Crippen LogP contribution >= 0.6 is 0 Å². The van der Waals surface area contributed by atoms with Crippen LogP contribution in [0.4, 0.5) is 0 Å². The molecule has 4 rings (SSSR count). The molecule has 1 aliphatic carbocycles. The highest BCUT2D eigenvalue weighted by Gasteiger charge is 2.54. The number of hydrogen-bond donors (Lipinski definition) is 3. The van der Waals surface area contributed by atoms with Gasteiger partial charge in [0.05, 0.1) is 24.3 Å². The lowest BCUT2D eigenvalue weighted by Crippen LogP contribution is -2.62. The number of likely N-dealkylation sites (tertiary alicyclic amines) is 1. The minimum Gasteiger partial charge on any atom is -0.352 e. The van der Waals surface area contributed by atoms with Gasteiger partial charge in [0.2, 0.25) is 27.7 Å². The molecule has 39 heavy (non-hydrogen) atoms. The van der Waals surface area contributed by atoms with Crippen molar-refractivity contribution < 1.29 is 22.8 Å². The van der Waals surface area contributed by atoms with Crippen LogP contribution < -0.4 is 16.0 Å². The molecular formula is C28H43N5O5S. The molecule has 1 aromatic carbocycles. The van der Waals surface area contributed by atoms with Gasteiger partial charge in [-0.1, -0.05) is 49.6 Å². The number of nitrogens with one attached hydrogen (secondary N) is 3. The number of piperidine rings is 1. The molecule has 2 aliphatic heterocycles. The molecule has 2 heterocycles. The van der Waals surface area contributed by atoms with Gasteiger partial charge in [0.1, 0.15) is 6.04 Å². The fourth-order valence-electron chi connectivity index (χ4n) is 6.46. The molecular weight excluding hydrogens is 518 g/mol. The predicted molar refractivity (Wildman–Crippen MR) is 149 cm³/mol. The van der Waals surface area contributed by atoms with E-state index >= 15 is 0 Å². The van der Waals surface area contributed by atoms with Crippen molar-refractivity contribution in [2.24, 2.45) is 11.8 Å². The Bertz CT molecular complexity index is 1120. The molecule has 1 aromatic rings. The van der Waals surface area contributed by atoms with Crippen molar-refractivity contribution in [3.63, 3.8) is 0 Å². The van der Waals surface area contributed by atoms with Crippen molar-refractivity contribution in [1.82, 2.24) is 25.2 Å². The summed E-state index contributed by atoms with van der Waals surface area (Å²) < 4.78 is 27.0. The van der Waals surface area contributed by atoms with Crippen molar-refractivity contribution in [1.29, 1.82) is 0 Å². The maximum Gasteiger partial charge on any atom is 0.245 e. The Labute approximate surface area is 232 Å². The summed E-state index contributed by atoms with van der Waals surface area (Å²) in [5.41, 5.74) is 0.940. The summed E-state index contributed by atoms with van der Waals surface area (Å²) in [7, 11) is -1.89. The summed E-state index contributed by atoms with van der Waals surface area (Å²) in [6, 6.07) is 7.33. The van der Waals surface area contributed by atoms with Gasteiger partial charge < -0.3 is 20.9 Å². The SMILES string of the molecule is CN[C@@H](C)C(=O)N[C@H](C(=O)N1CCCC2C1[C@@H](C(=O)NCc1ccccc1)CN2S(C)(=O)=O)C1CCCCC1. The first-order valence-corrected chi connectivity index (χ1v) is 16.0. The van der Waals surface area contributed by atoms with E-state index in [9.17, 15) is 22.8 Å². The van der Waals surface area contributed by atoms with E-state index in [1.165, 1.54) is 10.6 Å². The van der Waals surface area contributed by atoms with Crippen LogP contribution in [0.3, 0.4) is 0 Å². The molecule has 10 nitrogen and oxygen atoms in total. The number of sulfonamides is 1. The molecule has 3 fully saturated rings. The number of rotatable bonds is 9. The number of carbonyl (C=O) groups is 3. The maximum atomic E-state index is 14.3. The molecule has 3 aliphatic rings. The molecule has 0 spiro atoms. The monoisotopic (exact) mass is 561 g/mol. The molecule has 1 saturated carbocycles. The fourth-order valence-corrected chi connectivity index (χ4v) is 7.62. The number of hydrogen-bond acceptors (Lipinski definition) is 6. The lowest BCUT2D eigenvalue weighted by molar-refractivity contribution is -0.144. The van der Waals surface area contributed by atoms with Gasteiger partial charge >= 0.3 is 0 Å². The number of fused-ring (bicyclic) bond motifs is 1. The normalized spacial score (nSPS) is 25.9. The van der Waals surface area contributed by atoms with Crippen LogP contribution in [0.15, 0.2) is 30.3 Å². The predicted octanol–water partition coefficient (Wildman–Crippen LogP) is 1.23. The van der Waals surface area contributed by atoms with Crippen LogP contribution in [-0.2, 0) is 31.0 Å². The molecule has 11 heteroatoms. The maximum absolute atomic E-state index is 14.3. The molecule has 3 amide bonds. The highest BCUT2D eigenvalue weighted by Crippen LogP contribution is 2.38. The third kappa shape index (κ3) is 6.81. The molecule has 2 unspecified atom stereocenters. The molecule has 0 radical (unpaired) electrons. The van der Waals surface area contributed by atoms with Crippen LogP contribution in [0.25, 0.3) is 0 Å². The molecule has 3 N–H and O–H groups in total. The van der Waals surface area contributed by atoms with Crippen molar-refractivity contribution in [3.05, 3.63) is 35.9 Å². The highest BCUT2D eigenvalue weighted by molar-refractivity contribution is 7.88. The van der Waals surface area contributed by atoms with Crippen LogP contribution in [0.1, 0.15) is 57.4 Å². The van der Waals surface area contributed by atoms with Gasteiger partial charge in [0, 0.05) is 25.7 Å². The highest BCUT2D eigenvalue weighted by atomic mass is 32.2. The molecule has 2 saturated heterocycles. The zero-order valence-corrected chi connectivity index (χ0v) is 24.1. The van der Waals surface area contributed by atoms with E-state index in [4.69, 9.17) is 0 Å². The second-order valence-electron chi connectivity index (χ2n) is 11.3. The van der Waals surface area contributed by atoms with E-state index in [1.807, 2.05) is 30.3 Å². The molecule has 216 valence electrons. The van der Waals surface area contributed by atoms with Gasteiger partial charge in [0.15, 0.2) is 0 Å². The van der Waals surface area contributed by atoms with E-state index in [1.54, 1.807) is 18.9 Å². The van der Waals surface area contributed by atoms with Crippen LogP contribution in [0.2, 0.25) is 0 Å². The van der Waals surface area contributed by atoms with Crippen LogP contribution in [0, 0.1) is 11.8 Å². The Morgan fingerprint density at radius 2 is 1.72 bits per heavy atom. The van der Waals surface area contributed by atoms with E-state index in [-0.39, 0.29) is 30.2 Å². The van der Waals surface area contributed by atoms with Crippen LogP contribution in [0.5, 0.6) is 0 Å². The Balaban J connectivity index is 1.61. The lowest BCUT2D eigenvalue weighted by atomic mass is 9.82. The minimum atomic E-state index is -3.59. The Hall–Kier alpha value is -2.50. The van der Waals surface area contributed by atoms with E-state index in [0.29, 0.717) is 25.9 Å². The number of likely N-dealkylation sites (N-methyl/N-ethyl adjacent to an activating group) is 1. The van der Waals surface area contributed by atoms with Crippen molar-refractivity contribution in [2.75, 3.05) is 26.4 Å². The second kappa shape index (κ2) is 12.8. The summed E-state index contributed by atoms with van der Waals surface area (Å²) >= 11 is 0. The van der Waals surface area contributed by atoms with Gasteiger partial charge in [-0.05, 0) is 51.1 Å². The van der Waals surface area contributed by atoms with Gasteiger partial charge in [-0.25, -0.2) is 8.42 Å². The summed E-state index contributed by atoms with van der Waals surface area (Å²) in [6.45, 7) is 2.54. The van der Waals surface area contributed by atoms with Gasteiger partial charge in [-0.15, -0.1) is 0 Å². The molecule has 5 atom stereocenters. The van der Waals surface area contributed by atoms with Crippen molar-refractivity contribution in [2.45, 2.75) is 82.6 Å². The first-order valence-electron chi connectivity index (χ1n) is 14.2. The van der Waals surface area contributed by atoms with E-state index in [2.05, 4.69) is 16.0 Å². The third-order valence-electron chi connectivity index (χ3n) is 8.68. The average Bonchev–Trinajstić information content (AvgIpc) is 3.35. The van der Waals surface area contributed by atoms with E-state index < -0.39 is 40.1 Å². The minimum absolute atomic E-state index is 0.0115. The van der Waals surface area contributed by atoms with Crippen molar-refractivity contribution in [3.8, 4) is 0 Å². The fraction of sp³-hybridized carbons (Fsp3) is 0.679. The van der Waals surface area contributed by atoms with Crippen LogP contribution in [-0.4, -0.2) is 85.9 Å². The zero-order chi connectivity index (χ0) is 28.2. The average molecular weight is 562 g/mol. The number of amides is 3. The smallest absolute Gasteiger partial charge is 0.245 e. The van der Waals surface area contributed by atoms with E-state index in [0.717, 1.165) is 37.7 Å². The summed E-state index contributed by atoms with van der Waals surface area (Å²) in [4.78, 5) is 42.5. The number of nitrogens with zero attached hydrogens (tertiary/aromatic N) is 2. The topological polar surface area (TPSA) is 128 Å². The van der Waals surface area contributed by atoms with Crippen molar-refractivity contribution >= 4 is 27.7 Å².